The van der Waals surface area contributed by atoms with E-state index in [9.17, 15) is 4.79 Å². The third-order valence-corrected chi connectivity index (χ3v) is 3.12. The van der Waals surface area contributed by atoms with Crippen LogP contribution in [0, 0.1) is 0 Å². The molecule has 108 valence electrons. The van der Waals surface area contributed by atoms with Crippen LogP contribution in [-0.4, -0.2) is 29.8 Å². The number of anilines is 1. The fourth-order valence-corrected chi connectivity index (χ4v) is 2.26. The van der Waals surface area contributed by atoms with E-state index in [4.69, 9.17) is 21.7 Å². The lowest BCUT2D eigenvalue weighted by Crippen LogP contribution is -2.40. The van der Waals surface area contributed by atoms with Gasteiger partial charge in [0.25, 0.3) is 0 Å². The highest BCUT2D eigenvalue weighted by Crippen LogP contribution is 2.17. The van der Waals surface area contributed by atoms with E-state index in [-0.39, 0.29) is 18.1 Å². The van der Waals surface area contributed by atoms with E-state index in [1.165, 1.54) is 0 Å². The summed E-state index contributed by atoms with van der Waals surface area (Å²) in [4.78, 5) is 11.5. The number of cyclic esters (lactones) is 1. The topological polar surface area (TPSA) is 59.6 Å². The SMILES string of the molecule is CCOc1ccc(NC(=S)N[C@@H]2C[C@H](C)OC2=O)cc1. The number of thiocarbonyl (C=S) groups is 1. The second-order valence-electron chi connectivity index (χ2n) is 4.59. The number of carbonyl (C=O) groups is 1. The Kier molecular flexibility index (Phi) is 4.79. The van der Waals surface area contributed by atoms with Gasteiger partial charge in [-0.25, -0.2) is 4.79 Å². The standard InChI is InChI=1S/C14H18N2O3S/c1-3-18-11-6-4-10(5-7-11)15-14(20)16-12-8-9(2)19-13(12)17/h4-7,9,12H,3,8H2,1-2H3,(H2,15,16,20)/t9-,12+/m0/s1. The van der Waals surface area contributed by atoms with Gasteiger partial charge in [0.1, 0.15) is 17.9 Å². The van der Waals surface area contributed by atoms with Crippen LogP contribution in [0.2, 0.25) is 0 Å². The van der Waals surface area contributed by atoms with Crippen LogP contribution in [0.15, 0.2) is 24.3 Å². The summed E-state index contributed by atoms with van der Waals surface area (Å²) in [7, 11) is 0. The van der Waals surface area contributed by atoms with Crippen LogP contribution in [-0.2, 0) is 9.53 Å². The van der Waals surface area contributed by atoms with Gasteiger partial charge in [-0.2, -0.15) is 0 Å². The summed E-state index contributed by atoms with van der Waals surface area (Å²) in [5.41, 5.74) is 0.838. The first kappa shape index (κ1) is 14.6. The fraction of sp³-hybridized carbons (Fsp3) is 0.429. The molecule has 1 aromatic rings. The number of carbonyl (C=O) groups excluding carboxylic acids is 1. The lowest BCUT2D eigenvalue weighted by atomic mass is 10.2. The average molecular weight is 294 g/mol. The molecule has 1 aromatic carbocycles. The first-order valence-electron chi connectivity index (χ1n) is 6.59. The summed E-state index contributed by atoms with van der Waals surface area (Å²) >= 11 is 5.19. The largest absolute Gasteiger partial charge is 0.494 e. The van der Waals surface area contributed by atoms with Crippen molar-refractivity contribution in [2.45, 2.75) is 32.4 Å². The van der Waals surface area contributed by atoms with E-state index in [0.717, 1.165) is 11.4 Å². The monoisotopic (exact) mass is 294 g/mol. The minimum absolute atomic E-state index is 0.0618. The Morgan fingerprint density at radius 2 is 2.15 bits per heavy atom. The number of hydrogen-bond acceptors (Lipinski definition) is 4. The second-order valence-corrected chi connectivity index (χ2v) is 5.00. The van der Waals surface area contributed by atoms with Crippen molar-refractivity contribution in [1.82, 2.24) is 5.32 Å². The number of esters is 1. The molecular weight excluding hydrogens is 276 g/mol. The highest BCUT2D eigenvalue weighted by Gasteiger charge is 2.32. The number of hydrogen-bond donors (Lipinski definition) is 2. The molecule has 1 aliphatic heterocycles. The molecule has 2 atom stereocenters. The van der Waals surface area contributed by atoms with Crippen molar-refractivity contribution >= 4 is 29.0 Å². The number of rotatable bonds is 4. The number of nitrogens with one attached hydrogen (secondary N) is 2. The molecule has 0 aliphatic carbocycles. The summed E-state index contributed by atoms with van der Waals surface area (Å²) in [6.07, 6.45) is 0.567. The van der Waals surface area contributed by atoms with E-state index in [1.807, 2.05) is 38.1 Å². The van der Waals surface area contributed by atoms with Crippen LogP contribution in [0.25, 0.3) is 0 Å². The normalized spacial score (nSPS) is 21.2. The van der Waals surface area contributed by atoms with Gasteiger partial charge in [-0.05, 0) is 50.3 Å². The molecule has 1 fully saturated rings. The molecule has 1 saturated heterocycles. The van der Waals surface area contributed by atoms with Crippen molar-refractivity contribution in [3.8, 4) is 5.75 Å². The molecule has 0 radical (unpaired) electrons. The Bertz CT molecular complexity index is 490. The molecule has 0 aromatic heterocycles. The molecule has 20 heavy (non-hydrogen) atoms. The zero-order valence-corrected chi connectivity index (χ0v) is 12.3. The maximum absolute atomic E-state index is 11.5. The number of benzene rings is 1. The van der Waals surface area contributed by atoms with Gasteiger partial charge in [0.15, 0.2) is 5.11 Å². The highest BCUT2D eigenvalue weighted by molar-refractivity contribution is 7.80. The molecule has 2 rings (SSSR count). The average Bonchev–Trinajstić information content (AvgIpc) is 2.70. The Labute approximate surface area is 123 Å². The number of ether oxygens (including phenoxy) is 2. The molecular formula is C14H18N2O3S. The van der Waals surface area contributed by atoms with Crippen LogP contribution in [0.1, 0.15) is 20.3 Å². The Morgan fingerprint density at radius 3 is 2.70 bits per heavy atom. The van der Waals surface area contributed by atoms with Gasteiger partial charge in [0.2, 0.25) is 0 Å². The second kappa shape index (κ2) is 6.56. The predicted molar refractivity (Wildman–Crippen MR) is 80.9 cm³/mol. The third-order valence-electron chi connectivity index (χ3n) is 2.90. The van der Waals surface area contributed by atoms with E-state index in [1.54, 1.807) is 0 Å². The molecule has 0 unspecified atom stereocenters. The van der Waals surface area contributed by atoms with Crippen LogP contribution < -0.4 is 15.4 Å². The van der Waals surface area contributed by atoms with Gasteiger partial charge in [-0.1, -0.05) is 0 Å². The van der Waals surface area contributed by atoms with Gasteiger partial charge in [-0.15, -0.1) is 0 Å². The quantitative estimate of drug-likeness (QED) is 0.655. The highest BCUT2D eigenvalue weighted by atomic mass is 32.1. The molecule has 0 spiro atoms. The van der Waals surface area contributed by atoms with Crippen molar-refractivity contribution in [3.05, 3.63) is 24.3 Å². The van der Waals surface area contributed by atoms with Gasteiger partial charge in [0, 0.05) is 12.1 Å². The van der Waals surface area contributed by atoms with Crippen LogP contribution in [0.5, 0.6) is 5.75 Å². The maximum Gasteiger partial charge on any atom is 0.329 e. The molecule has 1 heterocycles. The molecule has 2 N–H and O–H groups in total. The zero-order valence-electron chi connectivity index (χ0n) is 11.5. The zero-order chi connectivity index (χ0) is 14.5. The molecule has 5 nitrogen and oxygen atoms in total. The Morgan fingerprint density at radius 1 is 1.45 bits per heavy atom. The van der Waals surface area contributed by atoms with Gasteiger partial charge >= 0.3 is 5.97 Å². The fourth-order valence-electron chi connectivity index (χ4n) is 2.00. The third kappa shape index (κ3) is 3.84. The van der Waals surface area contributed by atoms with Gasteiger partial charge < -0.3 is 20.1 Å². The van der Waals surface area contributed by atoms with Crippen molar-refractivity contribution in [2.75, 3.05) is 11.9 Å². The van der Waals surface area contributed by atoms with Gasteiger partial charge in [-0.3, -0.25) is 0 Å². The van der Waals surface area contributed by atoms with Crippen LogP contribution in [0.3, 0.4) is 0 Å². The molecule has 0 saturated carbocycles. The van der Waals surface area contributed by atoms with Crippen molar-refractivity contribution in [1.29, 1.82) is 0 Å². The maximum atomic E-state index is 11.5. The Hall–Kier alpha value is -1.82. The lowest BCUT2D eigenvalue weighted by molar-refractivity contribution is -0.142. The van der Waals surface area contributed by atoms with Crippen LogP contribution in [0.4, 0.5) is 5.69 Å². The minimum atomic E-state index is -0.368. The molecule has 0 bridgehead atoms. The van der Waals surface area contributed by atoms with E-state index in [2.05, 4.69) is 10.6 Å². The molecule has 6 heteroatoms. The molecule has 1 aliphatic rings. The van der Waals surface area contributed by atoms with Crippen molar-refractivity contribution < 1.29 is 14.3 Å². The van der Waals surface area contributed by atoms with E-state index in [0.29, 0.717) is 18.1 Å². The summed E-state index contributed by atoms with van der Waals surface area (Å²) < 4.78 is 10.4. The Balaban J connectivity index is 1.86. The van der Waals surface area contributed by atoms with Gasteiger partial charge in [0.05, 0.1) is 6.61 Å². The summed E-state index contributed by atoms with van der Waals surface area (Å²) in [6, 6.07) is 7.09. The summed E-state index contributed by atoms with van der Waals surface area (Å²) in [5.74, 6) is 0.554. The van der Waals surface area contributed by atoms with Crippen molar-refractivity contribution in [2.24, 2.45) is 0 Å². The van der Waals surface area contributed by atoms with E-state index < -0.39 is 0 Å². The predicted octanol–water partition coefficient (Wildman–Crippen LogP) is 2.08. The molecule has 0 amide bonds. The smallest absolute Gasteiger partial charge is 0.329 e. The van der Waals surface area contributed by atoms with Crippen LogP contribution >= 0.6 is 12.2 Å². The van der Waals surface area contributed by atoms with E-state index >= 15 is 0 Å². The first-order valence-corrected chi connectivity index (χ1v) is 7.00. The summed E-state index contributed by atoms with van der Waals surface area (Å²) in [5, 5.41) is 6.40. The van der Waals surface area contributed by atoms with Crippen molar-refractivity contribution in [3.63, 3.8) is 0 Å². The summed E-state index contributed by atoms with van der Waals surface area (Å²) in [6.45, 7) is 4.43. The lowest BCUT2D eigenvalue weighted by Gasteiger charge is -2.13. The first-order chi connectivity index (χ1) is 9.58. The minimum Gasteiger partial charge on any atom is -0.494 e.